The molecule has 0 radical (unpaired) electrons. The predicted octanol–water partition coefficient (Wildman–Crippen LogP) is 3.74. The SMILES string of the molecule is CC(=O)Cc1ccc(NC(=O)OCC(Cl)(Cl)Cl)cc1. The van der Waals surface area contributed by atoms with Gasteiger partial charge < -0.3 is 4.74 Å². The van der Waals surface area contributed by atoms with Gasteiger partial charge in [-0.25, -0.2) is 4.79 Å². The maximum absolute atomic E-state index is 11.4. The largest absolute Gasteiger partial charge is 0.445 e. The number of nitrogens with one attached hydrogen (secondary N) is 1. The van der Waals surface area contributed by atoms with Crippen LogP contribution in [0.1, 0.15) is 12.5 Å². The number of carbonyl (C=O) groups is 2. The number of rotatable bonds is 4. The minimum absolute atomic E-state index is 0.0720. The van der Waals surface area contributed by atoms with Crippen molar-refractivity contribution >= 4 is 52.4 Å². The summed E-state index contributed by atoms with van der Waals surface area (Å²) in [5.74, 6) is 0.0720. The average molecular weight is 325 g/mol. The molecule has 0 saturated carbocycles. The summed E-state index contributed by atoms with van der Waals surface area (Å²) in [4.78, 5) is 22.3. The zero-order valence-electron chi connectivity index (χ0n) is 10.1. The normalized spacial score (nSPS) is 10.9. The Morgan fingerprint density at radius 3 is 2.26 bits per heavy atom. The van der Waals surface area contributed by atoms with Crippen molar-refractivity contribution in [3.05, 3.63) is 29.8 Å². The van der Waals surface area contributed by atoms with Gasteiger partial charge in [-0.15, -0.1) is 0 Å². The Morgan fingerprint density at radius 1 is 1.21 bits per heavy atom. The standard InChI is InChI=1S/C12H12Cl3NO3/c1-8(17)6-9-2-4-10(5-3-9)16-11(18)19-7-12(13,14)15/h2-5H,6-7H2,1H3,(H,16,18). The average Bonchev–Trinajstić information content (AvgIpc) is 2.28. The van der Waals surface area contributed by atoms with Crippen LogP contribution >= 0.6 is 34.8 Å². The third kappa shape index (κ3) is 7.25. The molecule has 0 atom stereocenters. The van der Waals surface area contributed by atoms with E-state index in [1.54, 1.807) is 24.3 Å². The number of anilines is 1. The Morgan fingerprint density at radius 2 is 1.79 bits per heavy atom. The van der Waals surface area contributed by atoms with E-state index in [4.69, 9.17) is 39.5 Å². The van der Waals surface area contributed by atoms with E-state index in [0.717, 1.165) is 5.56 Å². The van der Waals surface area contributed by atoms with Crippen LogP contribution in [0.25, 0.3) is 0 Å². The Kier molecular flexibility index (Phi) is 5.91. The zero-order chi connectivity index (χ0) is 14.5. The van der Waals surface area contributed by atoms with E-state index >= 15 is 0 Å². The Balaban J connectivity index is 2.49. The van der Waals surface area contributed by atoms with Gasteiger partial charge in [0.15, 0.2) is 0 Å². The monoisotopic (exact) mass is 323 g/mol. The van der Waals surface area contributed by atoms with Crippen molar-refractivity contribution in [2.45, 2.75) is 17.1 Å². The Bertz CT molecular complexity index is 454. The van der Waals surface area contributed by atoms with Crippen LogP contribution in [0.4, 0.5) is 10.5 Å². The van der Waals surface area contributed by atoms with Gasteiger partial charge in [-0.05, 0) is 24.6 Å². The van der Waals surface area contributed by atoms with E-state index in [-0.39, 0.29) is 12.4 Å². The lowest BCUT2D eigenvalue weighted by Crippen LogP contribution is -2.21. The van der Waals surface area contributed by atoms with E-state index < -0.39 is 9.89 Å². The van der Waals surface area contributed by atoms with Crippen LogP contribution in [0, 0.1) is 0 Å². The van der Waals surface area contributed by atoms with Crippen LogP contribution in [-0.4, -0.2) is 22.3 Å². The van der Waals surface area contributed by atoms with Crippen LogP contribution in [0.2, 0.25) is 0 Å². The molecule has 1 amide bonds. The molecule has 0 fully saturated rings. The summed E-state index contributed by atoms with van der Waals surface area (Å²) in [6, 6.07) is 6.81. The van der Waals surface area contributed by atoms with Crippen molar-refractivity contribution in [1.29, 1.82) is 0 Å². The van der Waals surface area contributed by atoms with Crippen LogP contribution < -0.4 is 5.32 Å². The maximum atomic E-state index is 11.4. The molecule has 0 aliphatic rings. The molecule has 0 spiro atoms. The Labute approximate surface area is 126 Å². The van der Waals surface area contributed by atoms with Gasteiger partial charge >= 0.3 is 6.09 Å². The molecular formula is C12H12Cl3NO3. The molecule has 1 N–H and O–H groups in total. The number of ether oxygens (including phenoxy) is 1. The first-order valence-electron chi connectivity index (χ1n) is 5.35. The molecule has 0 unspecified atom stereocenters. The van der Waals surface area contributed by atoms with Gasteiger partial charge in [-0.2, -0.15) is 0 Å². The topological polar surface area (TPSA) is 55.4 Å². The molecule has 1 rings (SSSR count). The number of halogens is 3. The molecule has 4 nitrogen and oxygen atoms in total. The molecule has 7 heteroatoms. The lowest BCUT2D eigenvalue weighted by Gasteiger charge is -2.12. The molecule has 0 aliphatic carbocycles. The van der Waals surface area contributed by atoms with Crippen molar-refractivity contribution in [2.75, 3.05) is 11.9 Å². The smallest absolute Gasteiger partial charge is 0.411 e. The van der Waals surface area contributed by atoms with Gasteiger partial charge in [0, 0.05) is 12.1 Å². The summed E-state index contributed by atoms with van der Waals surface area (Å²) in [7, 11) is 0. The minimum atomic E-state index is -1.64. The zero-order valence-corrected chi connectivity index (χ0v) is 12.4. The van der Waals surface area contributed by atoms with Crippen molar-refractivity contribution in [3.63, 3.8) is 0 Å². The van der Waals surface area contributed by atoms with Crippen molar-refractivity contribution in [3.8, 4) is 0 Å². The van der Waals surface area contributed by atoms with E-state index in [1.165, 1.54) is 6.92 Å². The molecule has 0 aliphatic heterocycles. The van der Waals surface area contributed by atoms with Crippen molar-refractivity contribution in [1.82, 2.24) is 0 Å². The highest BCUT2D eigenvalue weighted by Crippen LogP contribution is 2.26. The molecule has 1 aromatic carbocycles. The second kappa shape index (κ2) is 6.98. The number of hydrogen-bond acceptors (Lipinski definition) is 3. The highest BCUT2D eigenvalue weighted by Gasteiger charge is 2.22. The number of hydrogen-bond donors (Lipinski definition) is 1. The summed E-state index contributed by atoms with van der Waals surface area (Å²) in [6.07, 6.45) is -0.358. The van der Waals surface area contributed by atoms with Crippen LogP contribution in [0.5, 0.6) is 0 Å². The fourth-order valence-corrected chi connectivity index (χ4v) is 1.46. The summed E-state index contributed by atoms with van der Waals surface area (Å²) in [5, 5.41) is 2.47. The van der Waals surface area contributed by atoms with E-state index in [1.807, 2.05) is 0 Å². The summed E-state index contributed by atoms with van der Waals surface area (Å²) in [5.41, 5.74) is 1.40. The molecule has 0 heterocycles. The number of benzene rings is 1. The highest BCUT2D eigenvalue weighted by molar-refractivity contribution is 6.67. The van der Waals surface area contributed by atoms with Gasteiger partial charge in [0.2, 0.25) is 3.79 Å². The first-order chi connectivity index (χ1) is 8.76. The number of carbonyl (C=O) groups excluding carboxylic acids is 2. The number of alkyl halides is 3. The van der Waals surface area contributed by atoms with Gasteiger partial charge in [0.1, 0.15) is 12.4 Å². The molecule has 0 aromatic heterocycles. The summed E-state index contributed by atoms with van der Waals surface area (Å²) in [6.45, 7) is 1.17. The lowest BCUT2D eigenvalue weighted by molar-refractivity contribution is -0.116. The number of amides is 1. The van der Waals surface area contributed by atoms with Gasteiger partial charge in [-0.1, -0.05) is 46.9 Å². The van der Waals surface area contributed by atoms with E-state index in [0.29, 0.717) is 12.1 Å². The Hall–Kier alpha value is -0.970. The van der Waals surface area contributed by atoms with E-state index in [9.17, 15) is 9.59 Å². The lowest BCUT2D eigenvalue weighted by atomic mass is 10.1. The van der Waals surface area contributed by atoms with Crippen molar-refractivity contribution < 1.29 is 14.3 Å². The molecule has 0 saturated heterocycles. The predicted molar refractivity (Wildman–Crippen MR) is 76.1 cm³/mol. The highest BCUT2D eigenvalue weighted by atomic mass is 35.6. The quantitative estimate of drug-likeness (QED) is 0.858. The minimum Gasteiger partial charge on any atom is -0.445 e. The van der Waals surface area contributed by atoms with Crippen LogP contribution in [0.3, 0.4) is 0 Å². The van der Waals surface area contributed by atoms with Gasteiger partial charge in [0.05, 0.1) is 0 Å². The molecule has 1 aromatic rings. The first kappa shape index (κ1) is 16.1. The fraction of sp³-hybridized carbons (Fsp3) is 0.333. The second-order valence-electron chi connectivity index (χ2n) is 3.89. The fourth-order valence-electron chi connectivity index (χ4n) is 1.29. The molecule has 0 bridgehead atoms. The third-order valence-corrected chi connectivity index (χ3v) is 2.35. The van der Waals surface area contributed by atoms with Crippen LogP contribution in [0.15, 0.2) is 24.3 Å². The van der Waals surface area contributed by atoms with Gasteiger partial charge in [0.25, 0.3) is 0 Å². The summed E-state index contributed by atoms with van der Waals surface area (Å²) < 4.78 is 3.07. The molecule has 104 valence electrons. The van der Waals surface area contributed by atoms with Gasteiger partial charge in [-0.3, -0.25) is 10.1 Å². The maximum Gasteiger partial charge on any atom is 0.411 e. The third-order valence-electron chi connectivity index (χ3n) is 2.02. The first-order valence-corrected chi connectivity index (χ1v) is 6.48. The molecular weight excluding hydrogens is 312 g/mol. The van der Waals surface area contributed by atoms with E-state index in [2.05, 4.69) is 5.32 Å². The van der Waals surface area contributed by atoms with Crippen LogP contribution in [-0.2, 0) is 16.0 Å². The number of ketones is 1. The van der Waals surface area contributed by atoms with Crippen molar-refractivity contribution in [2.24, 2.45) is 0 Å². The summed E-state index contributed by atoms with van der Waals surface area (Å²) >= 11 is 16.3. The molecule has 19 heavy (non-hydrogen) atoms. The number of Topliss-reactive ketones (excluding diaryl/α,β-unsaturated/α-hetero) is 1. The second-order valence-corrected chi connectivity index (χ2v) is 6.41.